The molecule has 2 bridgehead atoms. The Balaban J connectivity index is 1.21. The quantitative estimate of drug-likeness (QED) is 0.479. The number of nitrogens with one attached hydrogen (secondary N) is 1. The van der Waals surface area contributed by atoms with Crippen LogP contribution in [0.1, 0.15) is 43.9 Å². The maximum Gasteiger partial charge on any atom is 0.407 e. The van der Waals surface area contributed by atoms with Crippen LogP contribution in [-0.2, 0) is 11.2 Å². The standard InChI is InChI=1S/C31H34N2O2/c1-31(2)19-26-18-25(24-10-6-9-23(17-24)21-7-4-3-5-8-21)11-12-27(26)29(31)32-30(34)35-28-20-33-15-13-22(28)14-16-33/h3-12,17-18,22,28-29H,13-16,19-20H2,1-2H3,(H,32,34)/t28-,29?/m0/s1. The molecule has 3 heterocycles. The highest BCUT2D eigenvalue weighted by Crippen LogP contribution is 2.46. The highest BCUT2D eigenvalue weighted by Gasteiger charge is 2.42. The Kier molecular flexibility index (Phi) is 5.64. The van der Waals surface area contributed by atoms with Gasteiger partial charge in [0, 0.05) is 6.54 Å². The van der Waals surface area contributed by atoms with Crippen molar-refractivity contribution in [1.82, 2.24) is 10.2 Å². The summed E-state index contributed by atoms with van der Waals surface area (Å²) < 4.78 is 5.95. The molecule has 2 atom stereocenters. The van der Waals surface area contributed by atoms with Gasteiger partial charge in [-0.15, -0.1) is 0 Å². The van der Waals surface area contributed by atoms with Crippen LogP contribution in [0.3, 0.4) is 0 Å². The van der Waals surface area contributed by atoms with Crippen molar-refractivity contribution in [2.45, 2.75) is 45.3 Å². The molecule has 7 rings (SSSR count). The molecule has 1 amide bonds. The molecule has 4 nitrogen and oxygen atoms in total. The first-order chi connectivity index (χ1) is 17.0. The van der Waals surface area contributed by atoms with Gasteiger partial charge in [-0.05, 0) is 83.1 Å². The molecule has 180 valence electrons. The Labute approximate surface area is 208 Å². The Hall–Kier alpha value is -3.11. The zero-order valence-corrected chi connectivity index (χ0v) is 20.7. The molecular formula is C31H34N2O2. The molecule has 1 N–H and O–H groups in total. The van der Waals surface area contributed by atoms with Gasteiger partial charge < -0.3 is 10.1 Å². The average Bonchev–Trinajstić information content (AvgIpc) is 3.13. The van der Waals surface area contributed by atoms with Crippen molar-refractivity contribution in [2.75, 3.05) is 19.6 Å². The second-order valence-electron chi connectivity index (χ2n) is 11.2. The maximum atomic E-state index is 12.9. The van der Waals surface area contributed by atoms with E-state index in [1.54, 1.807) is 0 Å². The van der Waals surface area contributed by atoms with E-state index in [1.165, 1.54) is 33.4 Å². The van der Waals surface area contributed by atoms with Gasteiger partial charge >= 0.3 is 6.09 Å². The van der Waals surface area contributed by atoms with Gasteiger partial charge in [0.05, 0.1) is 6.04 Å². The third-order valence-electron chi connectivity index (χ3n) is 8.30. The monoisotopic (exact) mass is 466 g/mol. The first kappa shape index (κ1) is 22.4. The minimum absolute atomic E-state index is 0.0285. The van der Waals surface area contributed by atoms with Gasteiger partial charge in [-0.2, -0.15) is 0 Å². The predicted octanol–water partition coefficient (Wildman–Crippen LogP) is 6.46. The van der Waals surface area contributed by atoms with E-state index in [0.29, 0.717) is 5.92 Å². The first-order valence-corrected chi connectivity index (χ1v) is 12.9. The molecular weight excluding hydrogens is 432 g/mol. The van der Waals surface area contributed by atoms with Crippen molar-refractivity contribution in [1.29, 1.82) is 0 Å². The summed E-state index contributed by atoms with van der Waals surface area (Å²) in [5, 5.41) is 3.24. The first-order valence-electron chi connectivity index (χ1n) is 12.9. The summed E-state index contributed by atoms with van der Waals surface area (Å²) in [6, 6.07) is 25.9. The fraction of sp³-hybridized carbons (Fsp3) is 0.387. The number of rotatable bonds is 4. The molecule has 3 aromatic carbocycles. The van der Waals surface area contributed by atoms with Crippen molar-refractivity contribution < 1.29 is 9.53 Å². The summed E-state index contributed by atoms with van der Waals surface area (Å²) in [6.07, 6.45) is 2.97. The molecule has 4 aliphatic rings. The summed E-state index contributed by atoms with van der Waals surface area (Å²) in [6.45, 7) is 7.65. The van der Waals surface area contributed by atoms with Gasteiger partial charge in [-0.3, -0.25) is 4.90 Å². The number of amides is 1. The fourth-order valence-electron chi connectivity index (χ4n) is 6.35. The Bertz CT molecular complexity index is 1230. The van der Waals surface area contributed by atoms with Crippen LogP contribution in [0.15, 0.2) is 72.8 Å². The zero-order valence-electron chi connectivity index (χ0n) is 20.7. The Morgan fingerprint density at radius 2 is 1.57 bits per heavy atom. The van der Waals surface area contributed by atoms with Crippen LogP contribution in [0.5, 0.6) is 0 Å². The maximum absolute atomic E-state index is 12.9. The minimum atomic E-state index is -0.269. The topological polar surface area (TPSA) is 41.6 Å². The third kappa shape index (κ3) is 4.36. The highest BCUT2D eigenvalue weighted by atomic mass is 16.6. The number of nitrogens with zero attached hydrogens (tertiary/aromatic N) is 1. The number of piperidine rings is 3. The molecule has 4 heteroatoms. The minimum Gasteiger partial charge on any atom is -0.445 e. The van der Waals surface area contributed by atoms with Gasteiger partial charge in [-0.25, -0.2) is 4.79 Å². The lowest BCUT2D eigenvalue weighted by molar-refractivity contribution is -0.0348. The number of ether oxygens (including phenoxy) is 1. The second-order valence-corrected chi connectivity index (χ2v) is 11.2. The number of hydrogen-bond acceptors (Lipinski definition) is 3. The lowest BCUT2D eigenvalue weighted by atomic mass is 9.85. The van der Waals surface area contributed by atoms with Crippen LogP contribution >= 0.6 is 0 Å². The third-order valence-corrected chi connectivity index (χ3v) is 8.30. The molecule has 0 spiro atoms. The van der Waals surface area contributed by atoms with Crippen LogP contribution in [0.4, 0.5) is 4.79 Å². The van der Waals surface area contributed by atoms with E-state index < -0.39 is 0 Å². The molecule has 0 radical (unpaired) electrons. The molecule has 3 aromatic rings. The van der Waals surface area contributed by atoms with E-state index in [-0.39, 0.29) is 23.7 Å². The molecule has 35 heavy (non-hydrogen) atoms. The van der Waals surface area contributed by atoms with Gasteiger partial charge in [0.15, 0.2) is 0 Å². The van der Waals surface area contributed by atoms with E-state index in [2.05, 4.69) is 90.8 Å². The summed E-state index contributed by atoms with van der Waals surface area (Å²) in [5.74, 6) is 0.517. The van der Waals surface area contributed by atoms with Crippen LogP contribution in [0, 0.1) is 11.3 Å². The van der Waals surface area contributed by atoms with Crippen LogP contribution < -0.4 is 5.32 Å². The normalized spacial score (nSPS) is 26.2. The second kappa shape index (κ2) is 8.83. The molecule has 3 aliphatic heterocycles. The lowest BCUT2D eigenvalue weighted by Crippen LogP contribution is -2.53. The molecule has 1 aliphatic carbocycles. The number of benzene rings is 3. The highest BCUT2D eigenvalue weighted by molar-refractivity contribution is 5.74. The number of alkyl carbamates (subject to hydrolysis) is 1. The largest absolute Gasteiger partial charge is 0.445 e. The van der Waals surface area contributed by atoms with E-state index in [4.69, 9.17) is 4.74 Å². The van der Waals surface area contributed by atoms with Gasteiger partial charge in [0.1, 0.15) is 6.10 Å². The number of carbonyl (C=O) groups excluding carboxylic acids is 1. The van der Waals surface area contributed by atoms with Gasteiger partial charge in [0.25, 0.3) is 0 Å². The van der Waals surface area contributed by atoms with Crippen molar-refractivity contribution >= 4 is 6.09 Å². The molecule has 3 fully saturated rings. The SMILES string of the molecule is CC1(C)Cc2cc(-c3cccc(-c4ccccc4)c3)ccc2C1NC(=O)O[C@H]1CN2CCC1CC2. The predicted molar refractivity (Wildman–Crippen MR) is 140 cm³/mol. The molecule has 3 saturated heterocycles. The van der Waals surface area contributed by atoms with Crippen molar-refractivity contribution in [2.24, 2.45) is 11.3 Å². The van der Waals surface area contributed by atoms with Crippen molar-refractivity contribution in [3.63, 3.8) is 0 Å². The fourth-order valence-corrected chi connectivity index (χ4v) is 6.35. The molecule has 1 unspecified atom stereocenters. The summed E-state index contributed by atoms with van der Waals surface area (Å²) in [5.41, 5.74) is 7.33. The van der Waals surface area contributed by atoms with E-state index >= 15 is 0 Å². The van der Waals surface area contributed by atoms with Crippen molar-refractivity contribution in [3.05, 3.63) is 83.9 Å². The van der Waals surface area contributed by atoms with Crippen LogP contribution in [0.2, 0.25) is 0 Å². The zero-order chi connectivity index (χ0) is 24.0. The van der Waals surface area contributed by atoms with E-state index in [1.807, 2.05) is 6.07 Å². The number of fused-ring (bicyclic) bond motifs is 4. The Morgan fingerprint density at radius 1 is 0.886 bits per heavy atom. The van der Waals surface area contributed by atoms with Crippen LogP contribution in [0.25, 0.3) is 22.3 Å². The van der Waals surface area contributed by atoms with Gasteiger partial charge in [0.2, 0.25) is 0 Å². The average molecular weight is 467 g/mol. The molecule has 0 saturated carbocycles. The summed E-state index contributed by atoms with van der Waals surface area (Å²) >= 11 is 0. The van der Waals surface area contributed by atoms with E-state index in [9.17, 15) is 4.79 Å². The number of carbonyl (C=O) groups is 1. The lowest BCUT2D eigenvalue weighted by Gasteiger charge is -2.44. The van der Waals surface area contributed by atoms with Crippen LogP contribution in [-0.4, -0.2) is 36.7 Å². The summed E-state index contributed by atoms with van der Waals surface area (Å²) in [7, 11) is 0. The van der Waals surface area contributed by atoms with E-state index in [0.717, 1.165) is 38.9 Å². The molecule has 0 aromatic heterocycles. The summed E-state index contributed by atoms with van der Waals surface area (Å²) in [4.78, 5) is 15.4. The number of hydrogen-bond donors (Lipinski definition) is 1. The Morgan fingerprint density at radius 3 is 2.29 bits per heavy atom. The smallest absolute Gasteiger partial charge is 0.407 e. The van der Waals surface area contributed by atoms with Gasteiger partial charge in [-0.1, -0.05) is 80.6 Å². The van der Waals surface area contributed by atoms with Crippen molar-refractivity contribution in [3.8, 4) is 22.3 Å².